The van der Waals surface area contributed by atoms with Crippen molar-refractivity contribution in [2.24, 2.45) is 0 Å². The molecule has 0 bridgehead atoms. The molecule has 0 N–H and O–H groups in total. The van der Waals surface area contributed by atoms with Gasteiger partial charge < -0.3 is 19.1 Å². The number of carbonyl (C=O) groups excluding carboxylic acids is 1. The van der Waals surface area contributed by atoms with Crippen molar-refractivity contribution in [3.8, 4) is 0 Å². The summed E-state index contributed by atoms with van der Waals surface area (Å²) in [5.41, 5.74) is 0.982. The number of nitrogens with zero attached hydrogens (tertiary/aromatic N) is 1. The quantitative estimate of drug-likeness (QED) is 0.836. The number of hydrogen-bond acceptors (Lipinski definition) is 4. The average molecular weight is 293 g/mol. The molecule has 0 saturated heterocycles. The summed E-state index contributed by atoms with van der Waals surface area (Å²) >= 11 is 0. The molecule has 0 radical (unpaired) electrons. The Labute approximate surface area is 125 Å². The van der Waals surface area contributed by atoms with Crippen molar-refractivity contribution in [2.75, 3.05) is 21.3 Å². The summed E-state index contributed by atoms with van der Waals surface area (Å²) in [6, 6.07) is 9.75. The Hall–Kier alpha value is -1.59. The van der Waals surface area contributed by atoms with Gasteiger partial charge in [0, 0.05) is 27.3 Å². The van der Waals surface area contributed by atoms with Crippen LogP contribution in [-0.2, 0) is 20.8 Å². The molecular formula is C16H23NO4. The van der Waals surface area contributed by atoms with Gasteiger partial charge in [-0.2, -0.15) is 0 Å². The minimum atomic E-state index is -0.310. The zero-order chi connectivity index (χ0) is 15.2. The maximum atomic E-state index is 12.1. The summed E-state index contributed by atoms with van der Waals surface area (Å²) in [7, 11) is 5.11. The van der Waals surface area contributed by atoms with E-state index in [1.165, 1.54) is 0 Å². The maximum Gasteiger partial charge on any atom is 0.410 e. The second kappa shape index (κ2) is 7.43. The van der Waals surface area contributed by atoms with Crippen molar-refractivity contribution in [3.63, 3.8) is 0 Å². The molecule has 2 rings (SSSR count). The summed E-state index contributed by atoms with van der Waals surface area (Å²) in [5.74, 6) is 0. The van der Waals surface area contributed by atoms with Crippen LogP contribution in [0.15, 0.2) is 30.3 Å². The average Bonchev–Trinajstić information content (AvgIpc) is 2.96. The van der Waals surface area contributed by atoms with E-state index < -0.39 is 0 Å². The van der Waals surface area contributed by atoms with Gasteiger partial charge in [-0.1, -0.05) is 30.3 Å². The Morgan fingerprint density at radius 3 is 2.24 bits per heavy atom. The highest BCUT2D eigenvalue weighted by Gasteiger charge is 2.38. The largest absolute Gasteiger partial charge is 0.445 e. The first-order valence-electron chi connectivity index (χ1n) is 7.14. The van der Waals surface area contributed by atoms with Crippen molar-refractivity contribution in [1.82, 2.24) is 4.90 Å². The summed E-state index contributed by atoms with van der Waals surface area (Å²) in [5, 5.41) is 0. The molecule has 1 aromatic carbocycles. The number of hydrogen-bond donors (Lipinski definition) is 0. The van der Waals surface area contributed by atoms with Crippen molar-refractivity contribution in [2.45, 2.75) is 37.7 Å². The van der Waals surface area contributed by atoms with Crippen LogP contribution in [0.4, 0.5) is 4.79 Å². The molecule has 116 valence electrons. The van der Waals surface area contributed by atoms with Gasteiger partial charge in [0.2, 0.25) is 0 Å². The van der Waals surface area contributed by atoms with Gasteiger partial charge in [-0.25, -0.2) is 4.79 Å². The van der Waals surface area contributed by atoms with Gasteiger partial charge >= 0.3 is 6.09 Å². The van der Waals surface area contributed by atoms with Crippen molar-refractivity contribution in [3.05, 3.63) is 35.9 Å². The molecule has 0 aliphatic heterocycles. The van der Waals surface area contributed by atoms with E-state index >= 15 is 0 Å². The molecular weight excluding hydrogens is 270 g/mol. The molecule has 1 amide bonds. The monoisotopic (exact) mass is 293 g/mol. The van der Waals surface area contributed by atoms with Gasteiger partial charge in [-0.05, 0) is 18.4 Å². The fraction of sp³-hybridized carbons (Fsp3) is 0.562. The van der Waals surface area contributed by atoms with Gasteiger partial charge in [-0.3, -0.25) is 0 Å². The Morgan fingerprint density at radius 2 is 1.71 bits per heavy atom. The Bertz CT molecular complexity index is 439. The lowest BCUT2D eigenvalue weighted by Gasteiger charge is -2.23. The Balaban J connectivity index is 1.85. The zero-order valence-electron chi connectivity index (χ0n) is 12.8. The van der Waals surface area contributed by atoms with E-state index in [-0.39, 0.29) is 30.9 Å². The first-order chi connectivity index (χ1) is 10.2. The fourth-order valence-corrected chi connectivity index (χ4v) is 2.72. The molecule has 0 aromatic heterocycles. The van der Waals surface area contributed by atoms with Gasteiger partial charge in [0.25, 0.3) is 0 Å². The topological polar surface area (TPSA) is 48.0 Å². The molecule has 3 atom stereocenters. The van der Waals surface area contributed by atoms with Crippen LogP contribution < -0.4 is 0 Å². The lowest BCUT2D eigenvalue weighted by Crippen LogP contribution is -2.36. The number of benzene rings is 1. The lowest BCUT2D eigenvalue weighted by molar-refractivity contribution is -0.0157. The molecule has 0 spiro atoms. The highest BCUT2D eigenvalue weighted by atomic mass is 16.6. The van der Waals surface area contributed by atoms with Crippen LogP contribution in [0.5, 0.6) is 0 Å². The minimum Gasteiger partial charge on any atom is -0.445 e. The highest BCUT2D eigenvalue weighted by Crippen LogP contribution is 2.28. The molecule has 1 unspecified atom stereocenters. The van der Waals surface area contributed by atoms with Crippen LogP contribution in [0.3, 0.4) is 0 Å². The number of methoxy groups -OCH3 is 2. The third-order valence-electron chi connectivity index (χ3n) is 4.07. The number of carbonyl (C=O) groups is 1. The third kappa shape index (κ3) is 3.95. The van der Waals surface area contributed by atoms with Gasteiger partial charge in [-0.15, -0.1) is 0 Å². The van der Waals surface area contributed by atoms with E-state index in [9.17, 15) is 4.79 Å². The predicted molar refractivity (Wildman–Crippen MR) is 79.0 cm³/mol. The number of amides is 1. The summed E-state index contributed by atoms with van der Waals surface area (Å²) in [6.07, 6.45) is 1.29. The molecule has 21 heavy (non-hydrogen) atoms. The van der Waals surface area contributed by atoms with Crippen LogP contribution in [0.25, 0.3) is 0 Å². The van der Waals surface area contributed by atoms with Crippen LogP contribution in [0.1, 0.15) is 18.4 Å². The fourth-order valence-electron chi connectivity index (χ4n) is 2.72. The molecule has 1 aromatic rings. The predicted octanol–water partition coefficient (Wildman–Crippen LogP) is 2.45. The van der Waals surface area contributed by atoms with Crippen molar-refractivity contribution >= 4 is 6.09 Å². The highest BCUT2D eigenvalue weighted by molar-refractivity contribution is 5.67. The van der Waals surface area contributed by atoms with Crippen LogP contribution >= 0.6 is 0 Å². The summed E-state index contributed by atoms with van der Waals surface area (Å²) < 4.78 is 16.1. The smallest absolute Gasteiger partial charge is 0.410 e. The normalized spacial score (nSPS) is 24.8. The Kier molecular flexibility index (Phi) is 5.59. The standard InChI is InChI=1S/C16H23NO4/c1-17(13-9-14(19-2)15(10-13)20-3)16(18)21-11-12-7-5-4-6-8-12/h4-8,13-15H,9-11H2,1-3H3/t13?,14-,15+. The van der Waals surface area contributed by atoms with Gasteiger partial charge in [0.05, 0.1) is 12.2 Å². The van der Waals surface area contributed by atoms with Crippen molar-refractivity contribution in [1.29, 1.82) is 0 Å². The van der Waals surface area contributed by atoms with Crippen LogP contribution in [-0.4, -0.2) is 50.5 Å². The molecule has 0 heterocycles. The van der Waals surface area contributed by atoms with Crippen LogP contribution in [0, 0.1) is 0 Å². The van der Waals surface area contributed by atoms with E-state index in [1.807, 2.05) is 30.3 Å². The first-order valence-corrected chi connectivity index (χ1v) is 7.14. The zero-order valence-corrected chi connectivity index (χ0v) is 12.8. The van der Waals surface area contributed by atoms with Gasteiger partial charge in [0.1, 0.15) is 6.61 Å². The Morgan fingerprint density at radius 1 is 1.14 bits per heavy atom. The second-order valence-electron chi connectivity index (χ2n) is 5.32. The van der Waals surface area contributed by atoms with Gasteiger partial charge in [0.15, 0.2) is 0 Å². The summed E-state index contributed by atoms with van der Waals surface area (Å²) in [6.45, 7) is 0.290. The molecule has 1 aliphatic carbocycles. The van der Waals surface area contributed by atoms with E-state index in [0.29, 0.717) is 0 Å². The molecule has 1 saturated carbocycles. The van der Waals surface area contributed by atoms with E-state index in [1.54, 1.807) is 26.2 Å². The molecule has 5 heteroatoms. The minimum absolute atomic E-state index is 0.0318. The van der Waals surface area contributed by atoms with E-state index in [4.69, 9.17) is 14.2 Å². The van der Waals surface area contributed by atoms with E-state index in [0.717, 1.165) is 18.4 Å². The van der Waals surface area contributed by atoms with Crippen molar-refractivity contribution < 1.29 is 19.0 Å². The summed E-state index contributed by atoms with van der Waals surface area (Å²) in [4.78, 5) is 13.8. The molecule has 5 nitrogen and oxygen atoms in total. The second-order valence-corrected chi connectivity index (χ2v) is 5.32. The number of rotatable bonds is 5. The lowest BCUT2D eigenvalue weighted by atomic mass is 10.2. The number of ether oxygens (including phenoxy) is 3. The molecule has 1 aliphatic rings. The van der Waals surface area contributed by atoms with E-state index in [2.05, 4.69) is 0 Å². The SMILES string of the molecule is CO[C@H]1CC(N(C)C(=O)OCc2ccccc2)C[C@H]1OC. The third-order valence-corrected chi connectivity index (χ3v) is 4.07. The maximum absolute atomic E-state index is 12.1. The molecule has 1 fully saturated rings. The first kappa shape index (κ1) is 15.8. The van der Waals surface area contributed by atoms with Crippen LogP contribution in [0.2, 0.25) is 0 Å².